The zero-order valence-electron chi connectivity index (χ0n) is 20.2. The van der Waals surface area contributed by atoms with Crippen molar-refractivity contribution in [2.75, 3.05) is 33.2 Å². The first kappa shape index (κ1) is 10.4. The zero-order valence-corrected chi connectivity index (χ0v) is 14.7. The minimum Gasteiger partial charge on any atom is -0.385 e. The van der Waals surface area contributed by atoms with Crippen LogP contribution in [0.25, 0.3) is 0 Å². The highest BCUT2D eigenvalue weighted by Gasteiger charge is 2.39. The summed E-state index contributed by atoms with van der Waals surface area (Å²) >= 11 is -0.000105. The van der Waals surface area contributed by atoms with Crippen LogP contribution in [0.3, 0.4) is 0 Å². The molecule has 1 aromatic rings. The first-order valence-electron chi connectivity index (χ1n) is 10.2. The van der Waals surface area contributed by atoms with Crippen LogP contribution in [-0.4, -0.2) is 54.3 Å². The third-order valence-corrected chi connectivity index (χ3v) is 7.10. The average Bonchev–Trinajstić information content (AvgIpc) is 2.91. The monoisotopic (exact) mass is 391 g/mol. The van der Waals surface area contributed by atoms with Crippen LogP contribution in [0.2, 0.25) is 0 Å². The fourth-order valence-electron chi connectivity index (χ4n) is 1.70. The van der Waals surface area contributed by atoms with Gasteiger partial charge in [0.25, 0.3) is 10.0 Å². The Balaban J connectivity index is 2.97. The minimum absolute atomic E-state index is 0.000105. The summed E-state index contributed by atoms with van der Waals surface area (Å²) in [6.07, 6.45) is -1.27. The molecule has 0 radical (unpaired) electrons. The molecule has 3 N–H and O–H groups in total. The quantitative estimate of drug-likeness (QED) is 0.680. The van der Waals surface area contributed by atoms with E-state index in [0.717, 1.165) is 7.11 Å². The largest absolute Gasteiger partial charge is 0.385 e. The third kappa shape index (κ3) is 3.92. The number of methoxy groups -OCH3 is 1. The molecule has 2 rings (SSSR count). The van der Waals surface area contributed by atoms with E-state index in [1.54, 1.807) is 0 Å². The number of likely N-dealkylation sites (N-methyl/N-ethyl adjacent to an activating group) is 1. The minimum atomic E-state index is -5.20. The summed E-state index contributed by atoms with van der Waals surface area (Å²) in [6.45, 7) is -8.11. The van der Waals surface area contributed by atoms with Crippen molar-refractivity contribution in [3.8, 4) is 0 Å². The molecule has 1 atom stereocenters. The number of sulfonamides is 2. The summed E-state index contributed by atoms with van der Waals surface area (Å²) < 4.78 is 118. The van der Waals surface area contributed by atoms with Crippen LogP contribution >= 0.6 is 11.3 Å². The van der Waals surface area contributed by atoms with E-state index in [9.17, 15) is 16.8 Å². The fraction of sp³-hybridized carbons (Fsp3) is 0.667. The Morgan fingerprint density at radius 1 is 1.74 bits per heavy atom. The summed E-state index contributed by atoms with van der Waals surface area (Å²) in [4.78, 5) is 0. The second-order valence-corrected chi connectivity index (χ2v) is 8.95. The summed E-state index contributed by atoms with van der Waals surface area (Å²) in [5, 5.41) is 7.42. The van der Waals surface area contributed by atoms with Crippen LogP contribution in [0, 0.1) is 0 Å². The number of nitrogens with two attached hydrogens (primary N) is 1. The molecule has 8 nitrogen and oxygen atoms in total. The van der Waals surface area contributed by atoms with Crippen LogP contribution in [0.5, 0.6) is 0 Å². The van der Waals surface area contributed by atoms with Crippen molar-refractivity contribution in [1.82, 2.24) is 9.62 Å². The van der Waals surface area contributed by atoms with Crippen molar-refractivity contribution in [3.05, 3.63) is 11.6 Å². The molecule has 0 saturated carbocycles. The van der Waals surface area contributed by atoms with Gasteiger partial charge in [0.05, 0.1) is 5.48 Å². The fourth-order valence-corrected chi connectivity index (χ4v) is 5.31. The highest BCUT2D eigenvalue weighted by atomic mass is 32.3. The number of nitrogens with one attached hydrogen (secondary N) is 1. The second kappa shape index (κ2) is 7.13. The lowest BCUT2D eigenvalue weighted by Gasteiger charge is -2.32. The van der Waals surface area contributed by atoms with E-state index in [1.165, 1.54) is 6.92 Å². The third-order valence-electron chi connectivity index (χ3n) is 2.61. The average molecular weight is 392 g/mol. The molecule has 0 aromatic carbocycles. The standard InChI is InChI=1S/C12H21N3O5S3/c1-3-14-10-8-15(5-4-6-20-2)23(18,19)12-9(10)7-11(21-12)22(13,16)17/h7,10,14H,3-6,8H2,1-2H3,(H2,13,16,17)/t10-/m0/s1/i5D2,6D2,7D,8D2,10D. The maximum Gasteiger partial charge on any atom is 0.252 e. The van der Waals surface area contributed by atoms with Gasteiger partial charge in [-0.3, -0.25) is 0 Å². The maximum absolute atomic E-state index is 13.3. The lowest BCUT2D eigenvalue weighted by atomic mass is 10.1. The topological polar surface area (TPSA) is 119 Å². The van der Waals surface area contributed by atoms with Gasteiger partial charge in [-0.05, 0) is 19.0 Å². The van der Waals surface area contributed by atoms with Crippen LogP contribution < -0.4 is 10.5 Å². The van der Waals surface area contributed by atoms with Gasteiger partial charge in [-0.2, -0.15) is 4.31 Å². The predicted molar refractivity (Wildman–Crippen MR) is 87.4 cm³/mol. The predicted octanol–water partition coefficient (Wildman–Crippen LogP) is 0.0869. The van der Waals surface area contributed by atoms with Gasteiger partial charge in [0.2, 0.25) is 10.0 Å². The van der Waals surface area contributed by atoms with Gasteiger partial charge < -0.3 is 10.1 Å². The Hall–Kier alpha value is -0.560. The molecule has 1 aromatic heterocycles. The van der Waals surface area contributed by atoms with E-state index >= 15 is 0 Å². The van der Waals surface area contributed by atoms with E-state index in [-0.39, 0.29) is 22.2 Å². The van der Waals surface area contributed by atoms with Gasteiger partial charge in [-0.15, -0.1) is 11.3 Å². The van der Waals surface area contributed by atoms with E-state index < -0.39 is 72.1 Å². The van der Waals surface area contributed by atoms with Crippen molar-refractivity contribution in [2.24, 2.45) is 5.14 Å². The molecule has 1 aliphatic rings. The number of primary sulfonamides is 1. The molecule has 0 unspecified atom stereocenters. The molecule has 11 heteroatoms. The Bertz CT molecular complexity index is 1090. The normalized spacial score (nSPS) is 33.0. The van der Waals surface area contributed by atoms with Gasteiger partial charge in [0.1, 0.15) is 8.42 Å². The van der Waals surface area contributed by atoms with Gasteiger partial charge in [0, 0.05) is 43.7 Å². The number of nitrogens with zero attached hydrogens (tertiary/aromatic N) is 1. The molecule has 23 heavy (non-hydrogen) atoms. The van der Waals surface area contributed by atoms with Crippen molar-refractivity contribution in [1.29, 1.82) is 0 Å². The molecule has 0 fully saturated rings. The number of rotatable bonds is 7. The zero-order chi connectivity index (χ0) is 24.4. The van der Waals surface area contributed by atoms with Crippen molar-refractivity contribution in [2.45, 2.75) is 27.8 Å². The molecular weight excluding hydrogens is 362 g/mol. The maximum atomic E-state index is 13.3. The molecule has 132 valence electrons. The number of ether oxygens (including phenoxy) is 1. The first-order valence-corrected chi connectivity index (χ1v) is 10.0. The van der Waals surface area contributed by atoms with Crippen molar-refractivity contribution in [3.63, 3.8) is 0 Å². The molecule has 0 aliphatic carbocycles. The van der Waals surface area contributed by atoms with Gasteiger partial charge in [-0.1, -0.05) is 6.92 Å². The van der Waals surface area contributed by atoms with Gasteiger partial charge in [0.15, 0.2) is 0 Å². The number of hydrogen-bond acceptors (Lipinski definition) is 7. The Labute approximate surface area is 152 Å². The SMILES string of the molecule is [2H]c1c(S(N)(=O)=O)sc2c1[C@@]([2H])(NCC)C([2H])([2H])N(C([2H])([2H])CC([2H])([2H])OC)S2(=O)=O. The molecular formula is C12H21N3O5S3. The van der Waals surface area contributed by atoms with Crippen LogP contribution in [-0.2, 0) is 24.8 Å². The first-order chi connectivity index (χ1) is 13.7. The van der Waals surface area contributed by atoms with E-state index in [1.807, 2.05) is 0 Å². The molecule has 0 spiro atoms. The van der Waals surface area contributed by atoms with Gasteiger partial charge in [-0.25, -0.2) is 22.0 Å². The van der Waals surface area contributed by atoms with E-state index in [0.29, 0.717) is 0 Å². The molecule has 0 saturated heterocycles. The Morgan fingerprint density at radius 3 is 3.00 bits per heavy atom. The lowest BCUT2D eigenvalue weighted by Crippen LogP contribution is -2.43. The molecule has 0 bridgehead atoms. The van der Waals surface area contributed by atoms with Crippen molar-refractivity contribution < 1.29 is 32.5 Å². The molecule has 0 amide bonds. The van der Waals surface area contributed by atoms with Crippen LogP contribution in [0.4, 0.5) is 0 Å². The number of hydrogen-bond donors (Lipinski definition) is 2. The number of thiophene rings is 1. The molecule has 1 aliphatic heterocycles. The smallest absolute Gasteiger partial charge is 0.252 e. The lowest BCUT2D eigenvalue weighted by molar-refractivity contribution is 0.185. The highest BCUT2D eigenvalue weighted by molar-refractivity contribution is 7.94. The molecule has 2 heterocycles. The Kier molecular flexibility index (Phi) is 3.24. The highest BCUT2D eigenvalue weighted by Crippen LogP contribution is 2.39. The summed E-state index contributed by atoms with van der Waals surface area (Å²) in [6, 6.07) is -3.81. The van der Waals surface area contributed by atoms with Crippen molar-refractivity contribution >= 4 is 31.4 Å². The summed E-state index contributed by atoms with van der Waals surface area (Å²) in [7, 11) is -8.92. The van der Waals surface area contributed by atoms with E-state index in [4.69, 9.17) is 16.1 Å². The second-order valence-electron chi connectivity index (χ2n) is 4.19. The van der Waals surface area contributed by atoms with Crippen LogP contribution in [0.15, 0.2) is 14.5 Å². The van der Waals surface area contributed by atoms with E-state index in [2.05, 4.69) is 10.1 Å². The number of fused-ring (bicyclic) bond motifs is 1. The summed E-state index contributed by atoms with van der Waals surface area (Å²) in [5.41, 5.74) is -0.824. The van der Waals surface area contributed by atoms with Gasteiger partial charge >= 0.3 is 0 Å². The summed E-state index contributed by atoms with van der Waals surface area (Å²) in [5.74, 6) is 0. The Morgan fingerprint density at radius 2 is 2.43 bits per heavy atom. The van der Waals surface area contributed by atoms with Crippen LogP contribution in [0.1, 0.15) is 35.9 Å².